The van der Waals surface area contributed by atoms with Crippen molar-refractivity contribution in [2.75, 3.05) is 26.3 Å². The minimum Gasteiger partial charge on any atom is -0.463 e. The van der Waals surface area contributed by atoms with Crippen molar-refractivity contribution in [3.05, 3.63) is 25.3 Å². The second-order valence-electron chi connectivity index (χ2n) is 13.1. The molecule has 1 atom stereocenters. The predicted octanol–water partition coefficient (Wildman–Crippen LogP) is 6.47. The van der Waals surface area contributed by atoms with Crippen LogP contribution in [0.4, 0.5) is 0 Å². The summed E-state index contributed by atoms with van der Waals surface area (Å²) < 4.78 is 17.0. The maximum absolute atomic E-state index is 12.9. The Kier molecular flexibility index (Phi) is 18.2. The van der Waals surface area contributed by atoms with E-state index in [4.69, 9.17) is 19.5 Å². The molecule has 0 radical (unpaired) electrons. The first-order valence-electron chi connectivity index (χ1n) is 17.5. The minimum absolute atomic E-state index is 0.0100. The van der Waals surface area contributed by atoms with Crippen LogP contribution >= 0.6 is 0 Å². The van der Waals surface area contributed by atoms with Gasteiger partial charge in [-0.1, -0.05) is 70.4 Å². The number of rotatable bonds is 21. The highest BCUT2D eigenvalue weighted by Gasteiger charge is 2.33. The summed E-state index contributed by atoms with van der Waals surface area (Å²) in [5, 5.41) is 16.0. The molecule has 3 rings (SSSR count). The van der Waals surface area contributed by atoms with Gasteiger partial charge in [-0.3, -0.25) is 20.7 Å². The number of hydrogen-bond donors (Lipinski definition) is 3. The Morgan fingerprint density at radius 2 is 1.45 bits per heavy atom. The van der Waals surface area contributed by atoms with Gasteiger partial charge in [-0.25, -0.2) is 9.68 Å². The van der Waals surface area contributed by atoms with Crippen LogP contribution in [0.1, 0.15) is 116 Å². The summed E-state index contributed by atoms with van der Waals surface area (Å²) >= 11 is 0. The first-order valence-corrected chi connectivity index (χ1v) is 17.5. The van der Waals surface area contributed by atoms with Crippen LogP contribution in [0, 0.1) is 17.8 Å². The van der Waals surface area contributed by atoms with Crippen LogP contribution in [0.25, 0.3) is 0 Å². The highest BCUT2D eigenvalue weighted by Crippen LogP contribution is 2.34. The maximum Gasteiger partial charge on any atom is 0.330 e. The van der Waals surface area contributed by atoms with Crippen molar-refractivity contribution in [1.82, 2.24) is 10.6 Å². The summed E-state index contributed by atoms with van der Waals surface area (Å²) in [6, 6.07) is 0. The normalized spacial score (nSPS) is 28.1. The second kappa shape index (κ2) is 21.9. The summed E-state index contributed by atoms with van der Waals surface area (Å²) in [6.07, 6.45) is 22.5. The lowest BCUT2D eigenvalue weighted by Gasteiger charge is -2.39. The third-order valence-corrected chi connectivity index (χ3v) is 9.84. The van der Waals surface area contributed by atoms with Gasteiger partial charge in [0.25, 0.3) is 0 Å². The Morgan fingerprint density at radius 3 is 2.11 bits per heavy atom. The first kappa shape index (κ1) is 36.7. The van der Waals surface area contributed by atoms with E-state index in [1.54, 1.807) is 6.08 Å². The van der Waals surface area contributed by atoms with Gasteiger partial charge in [0.15, 0.2) is 0 Å². The molecule has 2 saturated carbocycles. The standard InChI is InChI=1S/C35H60N2O7/c1-3-30(44-40)14-10-6-8-11-23-41-31-21-19-29(20-22-31)35(39)43-32-25-36-34(37-26-32)28-17-15-27(16-18-28)13-9-5-7-12-24-42-33(38)4-2/h3-4,27-32,34,36-37,40H,1-2,5-26H2. The quantitative estimate of drug-likeness (QED) is 0.0331. The topological polar surface area (TPSA) is 115 Å². The Bertz CT molecular complexity index is 816. The summed E-state index contributed by atoms with van der Waals surface area (Å²) in [5.74, 6) is 1.09. The molecular formula is C35H60N2O7. The molecule has 0 bridgehead atoms. The van der Waals surface area contributed by atoms with Crippen LogP contribution in [-0.2, 0) is 28.7 Å². The number of nitrogens with one attached hydrogen (secondary N) is 2. The Morgan fingerprint density at radius 1 is 0.795 bits per heavy atom. The molecule has 9 heteroatoms. The molecule has 1 unspecified atom stereocenters. The number of hydrogen-bond acceptors (Lipinski definition) is 9. The van der Waals surface area contributed by atoms with Crippen molar-refractivity contribution in [3.63, 3.8) is 0 Å². The first-order chi connectivity index (χ1) is 21.5. The molecule has 0 spiro atoms. The van der Waals surface area contributed by atoms with E-state index in [9.17, 15) is 9.59 Å². The maximum atomic E-state index is 12.9. The number of unbranched alkanes of at least 4 members (excludes halogenated alkanes) is 6. The van der Waals surface area contributed by atoms with Crippen LogP contribution < -0.4 is 10.6 Å². The van der Waals surface area contributed by atoms with Crippen LogP contribution in [0.15, 0.2) is 25.3 Å². The van der Waals surface area contributed by atoms with Crippen molar-refractivity contribution in [2.24, 2.45) is 17.8 Å². The zero-order valence-electron chi connectivity index (χ0n) is 27.1. The van der Waals surface area contributed by atoms with E-state index >= 15 is 0 Å². The van der Waals surface area contributed by atoms with Crippen molar-refractivity contribution in [2.45, 2.75) is 140 Å². The number of ether oxygens (including phenoxy) is 3. The highest BCUT2D eigenvalue weighted by atomic mass is 17.1. The van der Waals surface area contributed by atoms with Crippen molar-refractivity contribution >= 4 is 11.9 Å². The highest BCUT2D eigenvalue weighted by molar-refractivity contribution is 5.81. The Labute approximate surface area is 265 Å². The molecule has 0 amide bonds. The zero-order chi connectivity index (χ0) is 31.4. The monoisotopic (exact) mass is 620 g/mol. The average molecular weight is 621 g/mol. The van der Waals surface area contributed by atoms with Gasteiger partial charge in [0, 0.05) is 25.8 Å². The fourth-order valence-corrected chi connectivity index (χ4v) is 7.00. The van der Waals surface area contributed by atoms with Gasteiger partial charge in [0.2, 0.25) is 0 Å². The predicted molar refractivity (Wildman–Crippen MR) is 172 cm³/mol. The molecule has 9 nitrogen and oxygen atoms in total. The van der Waals surface area contributed by atoms with Crippen LogP contribution in [0.5, 0.6) is 0 Å². The molecule has 44 heavy (non-hydrogen) atoms. The van der Waals surface area contributed by atoms with E-state index in [0.29, 0.717) is 18.7 Å². The largest absolute Gasteiger partial charge is 0.463 e. The molecule has 0 aromatic heterocycles. The Balaban J connectivity index is 1.16. The van der Waals surface area contributed by atoms with Crippen LogP contribution in [0.2, 0.25) is 0 Å². The third-order valence-electron chi connectivity index (χ3n) is 9.84. The van der Waals surface area contributed by atoms with Crippen molar-refractivity contribution in [1.29, 1.82) is 0 Å². The lowest BCUT2D eigenvalue weighted by molar-refractivity contribution is -0.267. The van der Waals surface area contributed by atoms with E-state index in [1.807, 2.05) is 0 Å². The van der Waals surface area contributed by atoms with E-state index in [2.05, 4.69) is 28.7 Å². The van der Waals surface area contributed by atoms with E-state index < -0.39 is 0 Å². The molecule has 1 heterocycles. The number of carbonyl (C=O) groups excluding carboxylic acids is 2. The fraction of sp³-hybridized carbons (Fsp3) is 0.829. The molecule has 0 aromatic carbocycles. The number of esters is 2. The molecule has 1 saturated heterocycles. The van der Waals surface area contributed by atoms with Gasteiger partial charge in [-0.05, 0) is 69.6 Å². The molecular weight excluding hydrogens is 560 g/mol. The molecule has 3 aliphatic rings. The Hall–Kier alpha value is -1.78. The zero-order valence-corrected chi connectivity index (χ0v) is 27.1. The van der Waals surface area contributed by atoms with E-state index in [0.717, 1.165) is 96.2 Å². The SMILES string of the molecule is C=CC(=O)OCCCCCCC1CCC(C2NCC(OC(=O)C3CCC(OCCCCCCC(C=C)OO)CC3)CN2)CC1. The van der Waals surface area contributed by atoms with Crippen molar-refractivity contribution < 1.29 is 33.9 Å². The van der Waals surface area contributed by atoms with Gasteiger partial charge >= 0.3 is 11.9 Å². The average Bonchev–Trinajstić information content (AvgIpc) is 3.06. The molecule has 3 N–H and O–H groups in total. The molecule has 1 aliphatic heterocycles. The lowest BCUT2D eigenvalue weighted by Crippen LogP contribution is -2.59. The lowest BCUT2D eigenvalue weighted by atomic mass is 9.78. The van der Waals surface area contributed by atoms with E-state index in [-0.39, 0.29) is 36.2 Å². The van der Waals surface area contributed by atoms with Crippen molar-refractivity contribution in [3.8, 4) is 0 Å². The molecule has 3 fully saturated rings. The fourth-order valence-electron chi connectivity index (χ4n) is 7.00. The minimum atomic E-state index is -0.329. The molecule has 0 aromatic rings. The second-order valence-corrected chi connectivity index (χ2v) is 13.1. The third kappa shape index (κ3) is 14.1. The van der Waals surface area contributed by atoms with Crippen LogP contribution in [0.3, 0.4) is 0 Å². The van der Waals surface area contributed by atoms with E-state index in [1.165, 1.54) is 51.0 Å². The van der Waals surface area contributed by atoms with Gasteiger partial charge < -0.3 is 14.2 Å². The van der Waals surface area contributed by atoms with Gasteiger partial charge in [-0.2, -0.15) is 0 Å². The summed E-state index contributed by atoms with van der Waals surface area (Å²) in [5.41, 5.74) is 0. The summed E-state index contributed by atoms with van der Waals surface area (Å²) in [7, 11) is 0. The summed E-state index contributed by atoms with van der Waals surface area (Å²) in [6.45, 7) is 9.78. The molecule has 252 valence electrons. The van der Waals surface area contributed by atoms with Gasteiger partial charge in [0.05, 0.1) is 24.8 Å². The van der Waals surface area contributed by atoms with Crippen LogP contribution in [-0.4, -0.2) is 68.0 Å². The smallest absolute Gasteiger partial charge is 0.330 e. The summed E-state index contributed by atoms with van der Waals surface area (Å²) in [4.78, 5) is 28.3. The number of carbonyl (C=O) groups is 2. The molecule has 2 aliphatic carbocycles. The van der Waals surface area contributed by atoms with Gasteiger partial charge in [0.1, 0.15) is 12.2 Å². The van der Waals surface area contributed by atoms with Gasteiger partial charge in [-0.15, -0.1) is 6.58 Å².